The molecule has 10 aromatic rings. The third kappa shape index (κ3) is 6.03. The zero-order chi connectivity index (χ0) is 42.5. The zero-order valence-corrected chi connectivity index (χ0v) is 34.3. The molecule has 0 fully saturated rings. The summed E-state index contributed by atoms with van der Waals surface area (Å²) in [4.78, 5) is 0. The molecule has 0 aliphatic carbocycles. The SMILES string of the molecule is [B]c1c([B])c([B])c2c(c1[B])c1c([B])c(-c3ccc4c(c3)c3c(-c5ccccc5)cccc3n4-c3ccccc3)c([B])c([B])c1n2-c1ccc(-c2ccc(C(C)(C)C)cc2)cc1. The monoisotopic (exact) mass is 762 g/mol. The number of para-hydroxylation sites is 1. The molecule has 272 valence electrons. The number of aromatic nitrogens is 2. The fraction of sp³-hybridized carbons (Fsp3) is 0.0769. The molecule has 0 aliphatic rings. The summed E-state index contributed by atoms with van der Waals surface area (Å²) >= 11 is 0. The normalized spacial score (nSPS) is 12.0. The van der Waals surface area contributed by atoms with Crippen molar-refractivity contribution in [1.29, 1.82) is 0 Å². The topological polar surface area (TPSA) is 9.86 Å². The Hall–Kier alpha value is -6.19. The molecule has 0 saturated carbocycles. The second kappa shape index (κ2) is 14.5. The maximum absolute atomic E-state index is 7.38. The molecule has 0 amide bonds. The lowest BCUT2D eigenvalue weighted by molar-refractivity contribution is 0.590. The third-order valence-corrected chi connectivity index (χ3v) is 12.3. The number of nitrogens with zero attached hydrogens (tertiary/aromatic N) is 2. The van der Waals surface area contributed by atoms with Gasteiger partial charge < -0.3 is 9.13 Å². The number of hydrogen-bond acceptors (Lipinski definition) is 0. The van der Waals surface area contributed by atoms with Gasteiger partial charge >= 0.3 is 0 Å². The number of fused-ring (bicyclic) bond motifs is 6. The standard InChI is InChI=1S/C52H33B7N2/c1-52(2,3)32-22-17-28(18-23-32)29-19-24-34(25-20-29)61-50-41(42-45(55)46(56)47(57)49(59)51(42)61)43(53)39(44(54)48(50)58)31-21-26-37-36(27-31)40-35(30-11-6-4-7-12-30)15-10-16-38(40)60(37)33-13-8-5-9-14-33/h4-27H,1-3H3. The first-order valence-corrected chi connectivity index (χ1v) is 20.3. The first kappa shape index (κ1) is 39.0. The molecule has 0 N–H and O–H groups in total. The van der Waals surface area contributed by atoms with Crippen LogP contribution in [0.25, 0.3) is 88.4 Å². The summed E-state index contributed by atoms with van der Waals surface area (Å²) in [6.45, 7) is 6.63. The van der Waals surface area contributed by atoms with Crippen molar-refractivity contribution in [2.75, 3.05) is 0 Å². The van der Waals surface area contributed by atoms with E-state index in [-0.39, 0.29) is 27.3 Å². The molecule has 14 radical (unpaired) electrons. The fourth-order valence-corrected chi connectivity index (χ4v) is 9.17. The maximum Gasteiger partial charge on any atom is 0.115 e. The maximum atomic E-state index is 7.38. The summed E-state index contributed by atoms with van der Waals surface area (Å²) in [5, 5.41) is 3.28. The Morgan fingerprint density at radius 1 is 0.377 bits per heavy atom. The second-order valence-corrected chi connectivity index (χ2v) is 16.9. The predicted octanol–water partition coefficient (Wildman–Crippen LogP) is 5.74. The van der Waals surface area contributed by atoms with Gasteiger partial charge in [-0.3, -0.25) is 0 Å². The predicted molar refractivity (Wildman–Crippen MR) is 268 cm³/mol. The first-order chi connectivity index (χ1) is 29.3. The molecular formula is C52H33B7N2. The molecule has 2 heterocycles. The van der Waals surface area contributed by atoms with Gasteiger partial charge in [0, 0.05) is 38.6 Å². The molecule has 61 heavy (non-hydrogen) atoms. The summed E-state index contributed by atoms with van der Waals surface area (Å²) in [6, 6.07) is 50.4. The molecule has 2 nitrogen and oxygen atoms in total. The van der Waals surface area contributed by atoms with Gasteiger partial charge in [-0.2, -0.15) is 0 Å². The molecule has 0 aliphatic heterocycles. The highest BCUT2D eigenvalue weighted by molar-refractivity contribution is 6.69. The van der Waals surface area contributed by atoms with Crippen LogP contribution < -0.4 is 38.2 Å². The molecule has 0 unspecified atom stereocenters. The van der Waals surface area contributed by atoms with E-state index in [0.717, 1.165) is 61.0 Å². The average molecular weight is 762 g/mol. The number of benzene rings is 8. The Labute approximate surface area is 366 Å². The zero-order valence-electron chi connectivity index (χ0n) is 34.3. The van der Waals surface area contributed by atoms with E-state index in [2.05, 4.69) is 141 Å². The van der Waals surface area contributed by atoms with Gasteiger partial charge in [0.15, 0.2) is 0 Å². The van der Waals surface area contributed by atoms with E-state index in [1.165, 1.54) is 5.56 Å². The summed E-state index contributed by atoms with van der Waals surface area (Å²) in [5.74, 6) is 0. The first-order valence-electron chi connectivity index (χ1n) is 20.3. The fourth-order valence-electron chi connectivity index (χ4n) is 9.17. The van der Waals surface area contributed by atoms with Crippen LogP contribution >= 0.6 is 0 Å². The van der Waals surface area contributed by atoms with E-state index in [1.54, 1.807) is 0 Å². The molecule has 8 aromatic carbocycles. The van der Waals surface area contributed by atoms with Crippen molar-refractivity contribution in [1.82, 2.24) is 9.13 Å². The van der Waals surface area contributed by atoms with Crippen LogP contribution in [0.1, 0.15) is 26.3 Å². The molecule has 2 aromatic heterocycles. The minimum absolute atomic E-state index is 0.0524. The van der Waals surface area contributed by atoms with Crippen LogP contribution in [-0.2, 0) is 5.41 Å². The van der Waals surface area contributed by atoms with Gasteiger partial charge in [-0.15, -0.1) is 10.9 Å². The van der Waals surface area contributed by atoms with Crippen molar-refractivity contribution in [3.05, 3.63) is 151 Å². The van der Waals surface area contributed by atoms with E-state index in [4.69, 9.17) is 54.9 Å². The van der Waals surface area contributed by atoms with Crippen LogP contribution in [0.15, 0.2) is 146 Å². The van der Waals surface area contributed by atoms with Gasteiger partial charge in [0.05, 0.1) is 11.0 Å². The van der Waals surface area contributed by atoms with Crippen molar-refractivity contribution in [3.63, 3.8) is 0 Å². The highest BCUT2D eigenvalue weighted by Crippen LogP contribution is 2.40. The van der Waals surface area contributed by atoms with Gasteiger partial charge in [-0.25, -0.2) is 0 Å². The molecular weight excluding hydrogens is 728 g/mol. The van der Waals surface area contributed by atoms with Gasteiger partial charge in [0.25, 0.3) is 0 Å². The largest absolute Gasteiger partial charge is 0.311 e. The molecule has 10 rings (SSSR count). The second-order valence-electron chi connectivity index (χ2n) is 16.9. The van der Waals surface area contributed by atoms with E-state index < -0.39 is 0 Å². The molecule has 0 bridgehead atoms. The Kier molecular flexibility index (Phi) is 9.25. The smallest absolute Gasteiger partial charge is 0.115 e. The van der Waals surface area contributed by atoms with Crippen molar-refractivity contribution in [2.24, 2.45) is 0 Å². The summed E-state index contributed by atoms with van der Waals surface area (Å²) in [6.07, 6.45) is 0. The van der Waals surface area contributed by atoms with Crippen LogP contribution in [0, 0.1) is 0 Å². The average Bonchev–Trinajstić information content (AvgIpc) is 3.82. The van der Waals surface area contributed by atoms with Crippen molar-refractivity contribution in [2.45, 2.75) is 26.2 Å². The highest BCUT2D eigenvalue weighted by atomic mass is 15.0. The van der Waals surface area contributed by atoms with E-state index in [1.807, 2.05) is 34.9 Å². The number of rotatable bonds is 5. The van der Waals surface area contributed by atoms with Crippen LogP contribution in [0.4, 0.5) is 0 Å². The van der Waals surface area contributed by atoms with Gasteiger partial charge in [-0.05, 0) is 92.2 Å². The Bertz CT molecular complexity index is 3380. The van der Waals surface area contributed by atoms with E-state index in [9.17, 15) is 0 Å². The Morgan fingerprint density at radius 2 is 0.918 bits per heavy atom. The van der Waals surface area contributed by atoms with E-state index >= 15 is 0 Å². The van der Waals surface area contributed by atoms with Crippen molar-refractivity contribution >= 4 is 137 Å². The third-order valence-electron chi connectivity index (χ3n) is 12.3. The summed E-state index contributed by atoms with van der Waals surface area (Å²) < 4.78 is 4.24. The molecule has 0 spiro atoms. The van der Waals surface area contributed by atoms with Crippen molar-refractivity contribution < 1.29 is 0 Å². The lowest BCUT2D eigenvalue weighted by Gasteiger charge is -2.20. The Morgan fingerprint density at radius 3 is 1.56 bits per heavy atom. The van der Waals surface area contributed by atoms with Gasteiger partial charge in [0.2, 0.25) is 0 Å². The summed E-state index contributed by atoms with van der Waals surface area (Å²) in [5.41, 5.74) is 14.0. The lowest BCUT2D eigenvalue weighted by Crippen LogP contribution is -2.48. The summed E-state index contributed by atoms with van der Waals surface area (Å²) in [7, 11) is 48.6. The quantitative estimate of drug-likeness (QED) is 0.199. The lowest BCUT2D eigenvalue weighted by atomic mass is 9.64. The van der Waals surface area contributed by atoms with Crippen LogP contribution in [0.3, 0.4) is 0 Å². The molecule has 0 saturated heterocycles. The van der Waals surface area contributed by atoms with Crippen LogP contribution in [-0.4, -0.2) is 64.1 Å². The van der Waals surface area contributed by atoms with E-state index in [0.29, 0.717) is 43.8 Å². The van der Waals surface area contributed by atoms with Crippen LogP contribution in [0.5, 0.6) is 0 Å². The van der Waals surface area contributed by atoms with Gasteiger partial charge in [-0.1, -0.05) is 151 Å². The Balaban J connectivity index is 1.23. The number of hydrogen-bond donors (Lipinski definition) is 0. The highest BCUT2D eigenvalue weighted by Gasteiger charge is 2.25. The molecule has 0 atom stereocenters. The van der Waals surface area contributed by atoms with Gasteiger partial charge in [0.1, 0.15) is 54.9 Å². The van der Waals surface area contributed by atoms with Crippen LogP contribution in [0.2, 0.25) is 0 Å². The minimum Gasteiger partial charge on any atom is -0.311 e. The van der Waals surface area contributed by atoms with Crippen molar-refractivity contribution in [3.8, 4) is 44.8 Å². The molecule has 9 heteroatoms. The minimum atomic E-state index is 0.0524.